The molecule has 0 saturated carbocycles. The number of hydrogen-bond acceptors (Lipinski definition) is 2. The molecule has 0 atom stereocenters. The van der Waals surface area contributed by atoms with Gasteiger partial charge in [0.05, 0.1) is 4.90 Å². The van der Waals surface area contributed by atoms with E-state index >= 15 is 0 Å². The van der Waals surface area contributed by atoms with E-state index in [4.69, 9.17) is 0 Å². The van der Waals surface area contributed by atoms with E-state index in [0.29, 0.717) is 18.0 Å². The molecule has 0 aliphatic heterocycles. The van der Waals surface area contributed by atoms with Gasteiger partial charge in [-0.15, -0.1) is 0 Å². The first kappa shape index (κ1) is 20.2. The highest BCUT2D eigenvalue weighted by Gasteiger charge is 2.24. The molecule has 0 amide bonds. The van der Waals surface area contributed by atoms with Gasteiger partial charge in [-0.2, -0.15) is 4.31 Å². The molecule has 0 saturated heterocycles. The van der Waals surface area contributed by atoms with Crippen molar-refractivity contribution >= 4 is 10.0 Å². The molecule has 1 aromatic carbocycles. The summed E-state index contributed by atoms with van der Waals surface area (Å²) in [5.74, 6) is 0. The van der Waals surface area contributed by atoms with E-state index in [1.54, 1.807) is 10.4 Å². The van der Waals surface area contributed by atoms with Gasteiger partial charge in [-0.1, -0.05) is 70.6 Å². The monoisotopic (exact) mass is 339 g/mol. The summed E-state index contributed by atoms with van der Waals surface area (Å²) in [5.41, 5.74) is 0.833. The summed E-state index contributed by atoms with van der Waals surface area (Å²) in [6, 6.07) is 7.31. The lowest BCUT2D eigenvalue weighted by atomic mass is 10.2. The molecule has 0 radical (unpaired) electrons. The fourth-order valence-electron chi connectivity index (χ4n) is 2.77. The lowest BCUT2D eigenvalue weighted by molar-refractivity contribution is 0.385. The molecule has 0 heterocycles. The van der Waals surface area contributed by atoms with E-state index in [1.165, 1.54) is 25.7 Å². The molecule has 132 valence electrons. The number of sulfonamides is 1. The molecule has 1 rings (SSSR count). The Kier molecular flexibility index (Phi) is 9.49. The molecule has 0 aliphatic rings. The Morgan fingerprint density at radius 3 is 1.83 bits per heavy atom. The van der Waals surface area contributed by atoms with Crippen molar-refractivity contribution in [3.05, 3.63) is 29.8 Å². The number of hydrogen-bond donors (Lipinski definition) is 0. The third kappa shape index (κ3) is 6.64. The predicted octanol–water partition coefficient (Wildman–Crippen LogP) is 5.15. The summed E-state index contributed by atoms with van der Waals surface area (Å²) in [6.45, 7) is 7.50. The molecule has 0 fully saturated rings. The van der Waals surface area contributed by atoms with Gasteiger partial charge in [0.1, 0.15) is 0 Å². The van der Waals surface area contributed by atoms with Crippen molar-refractivity contribution in [2.45, 2.75) is 77.0 Å². The number of rotatable bonds is 12. The summed E-state index contributed by atoms with van der Waals surface area (Å²) in [6.07, 6.45) is 8.79. The maximum Gasteiger partial charge on any atom is 0.243 e. The fraction of sp³-hybridized carbons (Fsp3) is 0.684. The molecule has 4 heteroatoms. The largest absolute Gasteiger partial charge is 0.243 e. The molecule has 0 unspecified atom stereocenters. The normalized spacial score (nSPS) is 12.0. The Labute approximate surface area is 143 Å². The zero-order chi connectivity index (χ0) is 17.1. The quantitative estimate of drug-likeness (QED) is 0.494. The Hall–Kier alpha value is -0.870. The van der Waals surface area contributed by atoms with Gasteiger partial charge in [-0.05, 0) is 31.4 Å². The molecular weight excluding hydrogens is 306 g/mol. The van der Waals surface area contributed by atoms with Crippen LogP contribution in [0.2, 0.25) is 0 Å². The van der Waals surface area contributed by atoms with E-state index in [-0.39, 0.29) is 0 Å². The Morgan fingerprint density at radius 1 is 0.826 bits per heavy atom. The number of unbranched alkanes of at least 4 members (excludes halogenated alkanes) is 6. The van der Waals surface area contributed by atoms with Gasteiger partial charge in [0.25, 0.3) is 0 Å². The SMILES string of the molecule is CCCCCCN(CCCCCC)S(=O)(=O)c1ccccc1C. The van der Waals surface area contributed by atoms with Gasteiger partial charge in [-0.25, -0.2) is 8.42 Å². The second kappa shape index (κ2) is 10.8. The van der Waals surface area contributed by atoms with Gasteiger partial charge in [-0.3, -0.25) is 0 Å². The second-order valence-electron chi connectivity index (χ2n) is 6.29. The first-order chi connectivity index (χ1) is 11.0. The summed E-state index contributed by atoms with van der Waals surface area (Å²) in [7, 11) is -3.37. The maximum absolute atomic E-state index is 13.0. The topological polar surface area (TPSA) is 37.4 Å². The molecule has 3 nitrogen and oxygen atoms in total. The predicted molar refractivity (Wildman–Crippen MR) is 98.2 cm³/mol. The highest BCUT2D eigenvalue weighted by Crippen LogP contribution is 2.21. The third-order valence-corrected chi connectivity index (χ3v) is 6.29. The van der Waals surface area contributed by atoms with Crippen molar-refractivity contribution < 1.29 is 8.42 Å². The van der Waals surface area contributed by atoms with Crippen molar-refractivity contribution in [1.29, 1.82) is 0 Å². The average Bonchev–Trinajstić information content (AvgIpc) is 2.53. The molecule has 0 aliphatic carbocycles. The summed E-state index contributed by atoms with van der Waals surface area (Å²) in [4.78, 5) is 0.464. The van der Waals surface area contributed by atoms with Crippen molar-refractivity contribution in [3.8, 4) is 0 Å². The van der Waals surface area contributed by atoms with Crippen LogP contribution in [0, 0.1) is 6.92 Å². The minimum Gasteiger partial charge on any atom is -0.207 e. The van der Waals surface area contributed by atoms with Crippen LogP contribution in [0.15, 0.2) is 29.2 Å². The van der Waals surface area contributed by atoms with Gasteiger partial charge < -0.3 is 0 Å². The van der Waals surface area contributed by atoms with Crippen LogP contribution in [0.1, 0.15) is 70.8 Å². The maximum atomic E-state index is 13.0. The van der Waals surface area contributed by atoms with Gasteiger partial charge in [0, 0.05) is 13.1 Å². The van der Waals surface area contributed by atoms with Crippen LogP contribution in [-0.2, 0) is 10.0 Å². The van der Waals surface area contributed by atoms with Crippen molar-refractivity contribution in [2.75, 3.05) is 13.1 Å². The van der Waals surface area contributed by atoms with Crippen molar-refractivity contribution in [1.82, 2.24) is 4.31 Å². The lowest BCUT2D eigenvalue weighted by Gasteiger charge is -2.23. The van der Waals surface area contributed by atoms with E-state index in [0.717, 1.165) is 31.2 Å². The smallest absolute Gasteiger partial charge is 0.207 e. The molecule has 0 bridgehead atoms. The number of nitrogens with zero attached hydrogens (tertiary/aromatic N) is 1. The van der Waals surface area contributed by atoms with Crippen molar-refractivity contribution in [3.63, 3.8) is 0 Å². The summed E-state index contributed by atoms with van der Waals surface area (Å²) >= 11 is 0. The molecule has 23 heavy (non-hydrogen) atoms. The van der Waals surface area contributed by atoms with Crippen LogP contribution in [0.3, 0.4) is 0 Å². The van der Waals surface area contributed by atoms with Crippen LogP contribution in [0.5, 0.6) is 0 Å². The molecule has 0 aromatic heterocycles. The van der Waals surface area contributed by atoms with Crippen LogP contribution in [0.4, 0.5) is 0 Å². The van der Waals surface area contributed by atoms with E-state index in [9.17, 15) is 8.42 Å². The molecule has 1 aromatic rings. The average molecular weight is 340 g/mol. The summed E-state index contributed by atoms with van der Waals surface area (Å²) < 4.78 is 27.7. The molecule has 0 spiro atoms. The fourth-order valence-corrected chi connectivity index (χ4v) is 4.51. The Morgan fingerprint density at radius 2 is 1.35 bits per heavy atom. The number of benzene rings is 1. The Balaban J connectivity index is 2.81. The lowest BCUT2D eigenvalue weighted by Crippen LogP contribution is -2.33. The molecule has 0 N–H and O–H groups in total. The van der Waals surface area contributed by atoms with Crippen LogP contribution in [0.25, 0.3) is 0 Å². The van der Waals surface area contributed by atoms with Crippen LogP contribution < -0.4 is 0 Å². The third-order valence-electron chi connectivity index (χ3n) is 4.23. The van der Waals surface area contributed by atoms with E-state index in [2.05, 4.69) is 13.8 Å². The van der Waals surface area contributed by atoms with Gasteiger partial charge in [0.15, 0.2) is 0 Å². The summed E-state index contributed by atoms with van der Waals surface area (Å²) in [5, 5.41) is 0. The van der Waals surface area contributed by atoms with Crippen LogP contribution >= 0.6 is 0 Å². The minimum atomic E-state index is -3.37. The highest BCUT2D eigenvalue weighted by atomic mass is 32.2. The van der Waals surface area contributed by atoms with Gasteiger partial charge >= 0.3 is 0 Å². The van der Waals surface area contributed by atoms with Crippen molar-refractivity contribution in [2.24, 2.45) is 0 Å². The van der Waals surface area contributed by atoms with Gasteiger partial charge in [0.2, 0.25) is 10.0 Å². The molecular formula is C19H33NO2S. The first-order valence-electron chi connectivity index (χ1n) is 9.09. The second-order valence-corrected chi connectivity index (χ2v) is 8.20. The van der Waals surface area contributed by atoms with Crippen LogP contribution in [-0.4, -0.2) is 25.8 Å². The Bertz CT molecular complexity index is 528. The van der Waals surface area contributed by atoms with E-state index in [1.807, 2.05) is 25.1 Å². The zero-order valence-electron chi connectivity index (χ0n) is 15.1. The zero-order valence-corrected chi connectivity index (χ0v) is 15.9. The highest BCUT2D eigenvalue weighted by molar-refractivity contribution is 7.89. The first-order valence-corrected chi connectivity index (χ1v) is 10.5. The number of aryl methyl sites for hydroxylation is 1. The standard InChI is InChI=1S/C19H33NO2S/c1-4-6-8-12-16-20(17-13-9-7-5-2)23(21,22)19-15-11-10-14-18(19)3/h10-11,14-15H,4-9,12-13,16-17H2,1-3H3. The van der Waals surface area contributed by atoms with E-state index < -0.39 is 10.0 Å². The minimum absolute atomic E-state index is 0.464.